The highest BCUT2D eigenvalue weighted by atomic mass is 16.2. The zero-order valence-electron chi connectivity index (χ0n) is 11.8. The van der Waals surface area contributed by atoms with Crippen LogP contribution >= 0.6 is 0 Å². The van der Waals surface area contributed by atoms with Crippen LogP contribution in [0.2, 0.25) is 0 Å². The third kappa shape index (κ3) is 5.04. The van der Waals surface area contributed by atoms with E-state index in [1.54, 1.807) is 0 Å². The lowest BCUT2D eigenvalue weighted by molar-refractivity contribution is -0.126. The molecule has 1 amide bonds. The number of nitrogens with one attached hydrogen (secondary N) is 2. The van der Waals surface area contributed by atoms with Gasteiger partial charge in [0.1, 0.15) is 0 Å². The Morgan fingerprint density at radius 1 is 1.53 bits per heavy atom. The van der Waals surface area contributed by atoms with E-state index in [9.17, 15) is 4.79 Å². The summed E-state index contributed by atoms with van der Waals surface area (Å²) >= 11 is 0. The van der Waals surface area contributed by atoms with Crippen LogP contribution in [-0.2, 0) is 4.79 Å². The Morgan fingerprint density at radius 3 is 2.65 bits per heavy atom. The van der Waals surface area contributed by atoms with E-state index in [1.165, 1.54) is 12.8 Å². The van der Waals surface area contributed by atoms with Crippen LogP contribution in [0, 0.1) is 0 Å². The second-order valence-electron chi connectivity index (χ2n) is 6.15. The predicted molar refractivity (Wildman–Crippen MR) is 71.0 cm³/mol. The Morgan fingerprint density at radius 2 is 2.18 bits per heavy atom. The molecule has 4 heteroatoms. The molecule has 0 aliphatic carbocycles. The second-order valence-corrected chi connectivity index (χ2v) is 6.15. The van der Waals surface area contributed by atoms with Gasteiger partial charge in [-0.25, -0.2) is 0 Å². The maximum absolute atomic E-state index is 12.0. The molecule has 0 aromatic heterocycles. The lowest BCUT2D eigenvalue weighted by atomic mass is 10.1. The number of nitrogens with zero attached hydrogens (tertiary/aromatic N) is 1. The smallest absolute Gasteiger partial charge is 0.237 e. The molecule has 100 valence electrons. The molecule has 1 aliphatic rings. The van der Waals surface area contributed by atoms with Crippen molar-refractivity contribution in [2.24, 2.45) is 0 Å². The number of carbonyl (C=O) groups is 1. The molecule has 4 nitrogen and oxygen atoms in total. The van der Waals surface area contributed by atoms with Gasteiger partial charge in [-0.15, -0.1) is 0 Å². The van der Waals surface area contributed by atoms with Crippen LogP contribution in [0.3, 0.4) is 0 Å². The van der Waals surface area contributed by atoms with Crippen molar-refractivity contribution in [1.82, 2.24) is 15.5 Å². The summed E-state index contributed by atoms with van der Waals surface area (Å²) < 4.78 is 0. The van der Waals surface area contributed by atoms with Crippen molar-refractivity contribution in [1.29, 1.82) is 0 Å². The first-order chi connectivity index (χ1) is 7.79. The number of hydrogen-bond donors (Lipinski definition) is 2. The summed E-state index contributed by atoms with van der Waals surface area (Å²) in [5, 5.41) is 6.48. The van der Waals surface area contributed by atoms with E-state index in [2.05, 4.69) is 15.5 Å². The van der Waals surface area contributed by atoms with Gasteiger partial charge in [-0.2, -0.15) is 0 Å². The fraction of sp³-hybridized carbons (Fsp3) is 0.923. The fourth-order valence-electron chi connectivity index (χ4n) is 2.09. The molecule has 0 aromatic carbocycles. The average molecular weight is 241 g/mol. The highest BCUT2D eigenvalue weighted by Gasteiger charge is 2.25. The molecule has 0 saturated carbocycles. The lowest BCUT2D eigenvalue weighted by Crippen LogP contribution is -2.51. The standard InChI is InChI=1S/C13H27N3O/c1-10(12(17)15-13(2,3)4)16(5)9-11-7-6-8-14-11/h10-11,14H,6-9H2,1-5H3,(H,15,17). The van der Waals surface area contributed by atoms with E-state index in [-0.39, 0.29) is 17.5 Å². The Balaban J connectivity index is 2.39. The topological polar surface area (TPSA) is 44.4 Å². The summed E-state index contributed by atoms with van der Waals surface area (Å²) in [6, 6.07) is 0.474. The van der Waals surface area contributed by atoms with Crippen molar-refractivity contribution in [2.45, 2.75) is 58.2 Å². The molecule has 1 saturated heterocycles. The molecular formula is C13H27N3O. The summed E-state index contributed by atoms with van der Waals surface area (Å²) in [6.07, 6.45) is 2.47. The van der Waals surface area contributed by atoms with E-state index in [0.717, 1.165) is 13.1 Å². The Labute approximate surface area is 105 Å². The largest absolute Gasteiger partial charge is 0.350 e. The zero-order valence-corrected chi connectivity index (χ0v) is 11.8. The molecule has 0 radical (unpaired) electrons. The first-order valence-corrected chi connectivity index (χ1v) is 6.55. The van der Waals surface area contributed by atoms with Crippen LogP contribution < -0.4 is 10.6 Å². The van der Waals surface area contributed by atoms with Crippen LogP contribution in [0.4, 0.5) is 0 Å². The van der Waals surface area contributed by atoms with Gasteiger partial charge >= 0.3 is 0 Å². The Hall–Kier alpha value is -0.610. The SMILES string of the molecule is CC(C(=O)NC(C)(C)C)N(C)CC1CCCN1. The van der Waals surface area contributed by atoms with Crippen LogP contribution in [-0.4, -0.2) is 48.6 Å². The third-order valence-electron chi connectivity index (χ3n) is 3.21. The quantitative estimate of drug-likeness (QED) is 0.771. The molecule has 0 bridgehead atoms. The second kappa shape index (κ2) is 5.83. The van der Waals surface area contributed by atoms with Crippen LogP contribution in [0.25, 0.3) is 0 Å². The van der Waals surface area contributed by atoms with Gasteiger partial charge in [0, 0.05) is 18.1 Å². The molecule has 1 rings (SSSR count). The minimum atomic E-state index is -0.155. The van der Waals surface area contributed by atoms with Crippen molar-refractivity contribution >= 4 is 5.91 Å². The van der Waals surface area contributed by atoms with Crippen LogP contribution in [0.15, 0.2) is 0 Å². The molecule has 1 fully saturated rings. The summed E-state index contributed by atoms with van der Waals surface area (Å²) in [7, 11) is 2.02. The van der Waals surface area contributed by atoms with Crippen molar-refractivity contribution in [3.8, 4) is 0 Å². The minimum absolute atomic E-state index is 0.0726. The van der Waals surface area contributed by atoms with Crippen molar-refractivity contribution in [3.63, 3.8) is 0 Å². The molecule has 2 N–H and O–H groups in total. The number of hydrogen-bond acceptors (Lipinski definition) is 3. The number of amides is 1. The molecule has 0 spiro atoms. The van der Waals surface area contributed by atoms with E-state index in [1.807, 2.05) is 34.7 Å². The van der Waals surface area contributed by atoms with Gasteiger partial charge in [-0.05, 0) is 54.1 Å². The number of carbonyl (C=O) groups excluding carboxylic acids is 1. The first-order valence-electron chi connectivity index (χ1n) is 6.55. The molecule has 2 unspecified atom stereocenters. The van der Waals surface area contributed by atoms with Gasteiger partial charge in [0.2, 0.25) is 5.91 Å². The minimum Gasteiger partial charge on any atom is -0.350 e. The Bertz CT molecular complexity index is 254. The first kappa shape index (κ1) is 14.5. The highest BCUT2D eigenvalue weighted by Crippen LogP contribution is 2.09. The Kier molecular flexibility index (Phi) is 4.95. The molecule has 17 heavy (non-hydrogen) atoms. The van der Waals surface area contributed by atoms with Crippen LogP contribution in [0.5, 0.6) is 0 Å². The van der Waals surface area contributed by atoms with E-state index < -0.39 is 0 Å². The van der Waals surface area contributed by atoms with Gasteiger partial charge in [-0.1, -0.05) is 0 Å². The van der Waals surface area contributed by atoms with Gasteiger partial charge in [0.15, 0.2) is 0 Å². The van der Waals surface area contributed by atoms with Crippen molar-refractivity contribution in [2.75, 3.05) is 20.1 Å². The number of likely N-dealkylation sites (N-methyl/N-ethyl adjacent to an activating group) is 1. The van der Waals surface area contributed by atoms with E-state index in [4.69, 9.17) is 0 Å². The molecule has 0 aromatic rings. The lowest BCUT2D eigenvalue weighted by Gasteiger charge is -2.29. The molecule has 2 atom stereocenters. The van der Waals surface area contributed by atoms with Gasteiger partial charge in [-0.3, -0.25) is 9.69 Å². The maximum atomic E-state index is 12.0. The van der Waals surface area contributed by atoms with E-state index in [0.29, 0.717) is 6.04 Å². The average Bonchev–Trinajstić information content (AvgIpc) is 2.66. The normalized spacial score (nSPS) is 22.8. The molecule has 1 heterocycles. The fourth-order valence-corrected chi connectivity index (χ4v) is 2.09. The summed E-state index contributed by atoms with van der Waals surface area (Å²) in [6.45, 7) is 10.1. The molecular weight excluding hydrogens is 214 g/mol. The summed E-state index contributed by atoms with van der Waals surface area (Å²) in [5.41, 5.74) is -0.155. The summed E-state index contributed by atoms with van der Waals surface area (Å²) in [5.74, 6) is 0.109. The van der Waals surface area contributed by atoms with Gasteiger partial charge in [0.25, 0.3) is 0 Å². The van der Waals surface area contributed by atoms with Crippen LogP contribution in [0.1, 0.15) is 40.5 Å². The predicted octanol–water partition coefficient (Wildman–Crippen LogP) is 0.973. The third-order valence-corrected chi connectivity index (χ3v) is 3.21. The monoisotopic (exact) mass is 241 g/mol. The van der Waals surface area contributed by atoms with E-state index >= 15 is 0 Å². The van der Waals surface area contributed by atoms with Gasteiger partial charge < -0.3 is 10.6 Å². The van der Waals surface area contributed by atoms with Crippen molar-refractivity contribution < 1.29 is 4.79 Å². The number of rotatable bonds is 4. The molecule has 1 aliphatic heterocycles. The summed E-state index contributed by atoms with van der Waals surface area (Å²) in [4.78, 5) is 14.1. The van der Waals surface area contributed by atoms with Crippen molar-refractivity contribution in [3.05, 3.63) is 0 Å². The zero-order chi connectivity index (χ0) is 13.1. The highest BCUT2D eigenvalue weighted by molar-refractivity contribution is 5.81. The van der Waals surface area contributed by atoms with Gasteiger partial charge in [0.05, 0.1) is 6.04 Å². The maximum Gasteiger partial charge on any atom is 0.237 e.